The van der Waals surface area contributed by atoms with Crippen molar-refractivity contribution in [3.05, 3.63) is 0 Å². The highest BCUT2D eigenvalue weighted by molar-refractivity contribution is 5.66. The van der Waals surface area contributed by atoms with Crippen LogP contribution in [0, 0.1) is 0 Å². The Kier molecular flexibility index (Phi) is 321. The molecule has 0 spiro atoms. The molecule has 0 heterocycles. The Balaban J connectivity index is -0.00000000959. The molecule has 0 fully saturated rings. The van der Waals surface area contributed by atoms with Crippen LogP contribution >= 0.6 is 0 Å². The minimum absolute atomic E-state index is 0. The first-order valence-electron chi connectivity index (χ1n) is 5.68. The molecule has 9 heteroatoms. The highest BCUT2D eigenvalue weighted by Crippen LogP contribution is 1.74. The van der Waals surface area contributed by atoms with Crippen LogP contribution in [0.5, 0.6) is 0 Å². The number of carbonyl (C=O) groups is 3. The molecule has 0 rings (SSSR count). The van der Waals surface area contributed by atoms with E-state index in [1.54, 1.807) is 0 Å². The van der Waals surface area contributed by atoms with Gasteiger partial charge < -0.3 is 28.4 Å². The van der Waals surface area contributed by atoms with E-state index in [0.717, 1.165) is 0 Å². The molecule has 0 amide bonds. The minimum Gasteiger partial charge on any atom is -0.439 e. The Labute approximate surface area is 212 Å². The van der Waals surface area contributed by atoms with Crippen molar-refractivity contribution in [2.24, 2.45) is 0 Å². The summed E-state index contributed by atoms with van der Waals surface area (Å²) in [6, 6.07) is 0. The summed E-state index contributed by atoms with van der Waals surface area (Å²) in [5, 5.41) is 0. The van der Waals surface area contributed by atoms with E-state index in [1.165, 1.54) is 42.1 Å². The van der Waals surface area contributed by atoms with Gasteiger partial charge in [0.25, 0.3) is 0 Å². The lowest BCUT2D eigenvalue weighted by Crippen LogP contribution is -2.00. The summed E-state index contributed by atoms with van der Waals surface area (Å²) < 4.78 is 26.2. The normalized spacial score (nSPS) is 5.27. The quantitative estimate of drug-likeness (QED) is 0.201. The lowest BCUT2D eigenvalue weighted by molar-refractivity contribution is -0.152. The molecule has 0 saturated carbocycles. The van der Waals surface area contributed by atoms with Crippen molar-refractivity contribution in [2.75, 3.05) is 41.7 Å². The molecule has 0 atom stereocenters. The second-order valence-electron chi connectivity index (χ2n) is 3.13. The summed E-state index contributed by atoms with van der Waals surface area (Å²) in [5.74, 6) is -0.953. The van der Waals surface area contributed by atoms with Crippen molar-refractivity contribution in [2.45, 2.75) is 110 Å². The first kappa shape index (κ1) is 108. The van der Waals surface area contributed by atoms with Crippen molar-refractivity contribution >= 4 is 17.9 Å². The number of esters is 3. The highest BCUT2D eigenvalue weighted by Gasteiger charge is 1.86. The van der Waals surface area contributed by atoms with E-state index in [4.69, 9.17) is 0 Å². The van der Waals surface area contributed by atoms with Gasteiger partial charge in [0.15, 0.2) is 20.4 Å². The van der Waals surface area contributed by atoms with E-state index in [9.17, 15) is 14.4 Å². The summed E-state index contributed by atoms with van der Waals surface area (Å²) >= 11 is 0. The summed E-state index contributed by atoms with van der Waals surface area (Å²) in [6.45, 7) is 4.15. The zero-order valence-electron chi connectivity index (χ0n) is 13.3. The molecule has 0 aromatic heterocycles. The van der Waals surface area contributed by atoms with Crippen LogP contribution in [0.4, 0.5) is 0 Å². The van der Waals surface area contributed by atoms with E-state index in [-0.39, 0.29) is 127 Å². The van der Waals surface area contributed by atoms with Crippen molar-refractivity contribution in [1.82, 2.24) is 0 Å². The fourth-order valence-corrected chi connectivity index (χ4v) is 0.426. The predicted octanol–water partition coefficient (Wildman–Crippen LogP) is 8.09. The van der Waals surface area contributed by atoms with Crippen molar-refractivity contribution in [3.63, 3.8) is 0 Å². The summed E-state index contributed by atoms with van der Waals surface area (Å²) in [5.41, 5.74) is 0. The van der Waals surface area contributed by atoms with Gasteiger partial charge in [0.05, 0.1) is 0 Å². The minimum atomic E-state index is -0.318. The van der Waals surface area contributed by atoms with Crippen LogP contribution in [0.2, 0.25) is 0 Å². The van der Waals surface area contributed by atoms with Gasteiger partial charge in [0.2, 0.25) is 0 Å². The molecule has 0 aliphatic carbocycles. The molecule has 222 valence electrons. The van der Waals surface area contributed by atoms with E-state index in [2.05, 4.69) is 28.4 Å². The van der Waals surface area contributed by atoms with Gasteiger partial charge in [-0.25, -0.2) is 0 Å². The van der Waals surface area contributed by atoms with Crippen LogP contribution in [-0.2, 0) is 42.8 Å². The molecule has 0 saturated heterocycles. The van der Waals surface area contributed by atoms with E-state index in [0.29, 0.717) is 0 Å². The summed E-state index contributed by atoms with van der Waals surface area (Å²) in [6.07, 6.45) is 0. The fraction of sp³-hybridized carbons (Fsp3) is 0.875. The number of hydrogen-bond acceptors (Lipinski definition) is 9. The third kappa shape index (κ3) is 229. The standard InChI is InChI=1S/3C4H8O3.12CH4/c3*1-4(5)7-3-6-2;;;;;;;;;;;;/h3*3H2,1-2H3;12*1H4. The van der Waals surface area contributed by atoms with Gasteiger partial charge in [-0.3, -0.25) is 14.4 Å². The number of methoxy groups -OCH3 is 3. The van der Waals surface area contributed by atoms with Gasteiger partial charge in [0.1, 0.15) is 0 Å². The van der Waals surface area contributed by atoms with Crippen LogP contribution in [0.1, 0.15) is 110 Å². The molecule has 0 N–H and O–H groups in total. The third-order valence-corrected chi connectivity index (χ3v) is 1.14. The van der Waals surface area contributed by atoms with Crippen LogP contribution in [-0.4, -0.2) is 59.6 Å². The Morgan fingerprint density at radius 1 is 0.394 bits per heavy atom. The number of carbonyl (C=O) groups excluding carboxylic acids is 3. The summed E-state index contributed by atoms with van der Waals surface area (Å²) in [4.78, 5) is 29.7. The molecule has 0 aliphatic rings. The monoisotopic (exact) mass is 505 g/mol. The zero-order chi connectivity index (χ0) is 17.1. The highest BCUT2D eigenvalue weighted by atomic mass is 16.7. The second kappa shape index (κ2) is 97.9. The molecular weight excluding hydrogens is 432 g/mol. The summed E-state index contributed by atoms with van der Waals surface area (Å²) in [7, 11) is 4.38. The SMILES string of the molecule is C.C.C.C.C.C.C.C.C.C.C.C.COCOC(C)=O.COCOC(C)=O.COCOC(C)=O. The molecule has 0 aliphatic heterocycles. The first-order chi connectivity index (χ1) is 9.81. The molecule has 0 unspecified atom stereocenters. The molecule has 33 heavy (non-hydrogen) atoms. The molecular formula is C24H72O9. The molecule has 0 aromatic carbocycles. The Hall–Kier alpha value is -1.71. The Morgan fingerprint density at radius 2 is 0.515 bits per heavy atom. The first-order valence-corrected chi connectivity index (χ1v) is 5.68. The van der Waals surface area contributed by atoms with Gasteiger partial charge in [-0.2, -0.15) is 0 Å². The van der Waals surface area contributed by atoms with Crippen LogP contribution < -0.4 is 0 Å². The van der Waals surface area contributed by atoms with Crippen LogP contribution in [0.3, 0.4) is 0 Å². The van der Waals surface area contributed by atoms with Gasteiger partial charge in [0, 0.05) is 42.1 Å². The Morgan fingerprint density at radius 3 is 0.545 bits per heavy atom. The molecule has 0 bridgehead atoms. The van der Waals surface area contributed by atoms with Gasteiger partial charge in [-0.15, -0.1) is 0 Å². The average molecular weight is 505 g/mol. The maximum Gasteiger partial charge on any atom is 0.304 e. The van der Waals surface area contributed by atoms with Crippen molar-refractivity contribution in [1.29, 1.82) is 0 Å². The van der Waals surface area contributed by atoms with E-state index in [1.807, 2.05) is 0 Å². The molecule has 0 aromatic rings. The van der Waals surface area contributed by atoms with E-state index >= 15 is 0 Å². The average Bonchev–Trinajstić information content (AvgIpc) is 2.41. The van der Waals surface area contributed by atoms with Gasteiger partial charge >= 0.3 is 17.9 Å². The molecule has 9 nitrogen and oxygen atoms in total. The smallest absolute Gasteiger partial charge is 0.304 e. The topological polar surface area (TPSA) is 107 Å². The maximum absolute atomic E-state index is 9.90. The van der Waals surface area contributed by atoms with Crippen LogP contribution in [0.25, 0.3) is 0 Å². The van der Waals surface area contributed by atoms with Gasteiger partial charge in [-0.1, -0.05) is 89.1 Å². The second-order valence-corrected chi connectivity index (χ2v) is 3.13. The lowest BCUT2D eigenvalue weighted by atomic mass is 10.8. The number of ether oxygens (including phenoxy) is 6. The predicted molar refractivity (Wildman–Crippen MR) is 152 cm³/mol. The Bertz CT molecular complexity index is 230. The zero-order valence-corrected chi connectivity index (χ0v) is 13.3. The lowest BCUT2D eigenvalue weighted by Gasteiger charge is -1.95. The number of hydrogen-bond donors (Lipinski definition) is 0. The number of rotatable bonds is 6. The maximum atomic E-state index is 9.90. The van der Waals surface area contributed by atoms with E-state index < -0.39 is 0 Å². The molecule has 0 radical (unpaired) electrons. The largest absolute Gasteiger partial charge is 0.439 e. The van der Waals surface area contributed by atoms with Crippen molar-refractivity contribution < 1.29 is 42.8 Å². The fourth-order valence-electron chi connectivity index (χ4n) is 0.426. The van der Waals surface area contributed by atoms with Crippen LogP contribution in [0.15, 0.2) is 0 Å². The van der Waals surface area contributed by atoms with Crippen molar-refractivity contribution in [3.8, 4) is 0 Å². The third-order valence-electron chi connectivity index (χ3n) is 1.14. The van der Waals surface area contributed by atoms with Gasteiger partial charge in [-0.05, 0) is 0 Å².